The zero-order valence-electron chi connectivity index (χ0n) is 11.3. The smallest absolute Gasteiger partial charge is 0.0524 e. The van der Waals surface area contributed by atoms with Gasteiger partial charge in [0.15, 0.2) is 0 Å². The second kappa shape index (κ2) is 4.10. The molecule has 0 amide bonds. The van der Waals surface area contributed by atoms with Crippen LogP contribution in [0.4, 0.5) is 0 Å². The lowest BCUT2D eigenvalue weighted by Crippen LogP contribution is -2.23. The molecule has 0 unspecified atom stereocenters. The first-order chi connectivity index (χ1) is 9.23. The molecule has 0 spiro atoms. The number of nitrogens with zero attached hydrogens (tertiary/aromatic N) is 1. The standard InChI is InChI=1S/C16H19BrN2/c1-18-10-16(4-5-16)12-7-11-3-2-6-19-9-14(17)13(8-12)15(11)19/h7-9,18H,2-6,10H2,1H3. The van der Waals surface area contributed by atoms with Crippen LogP contribution in [-0.4, -0.2) is 18.2 Å². The molecule has 1 N–H and O–H groups in total. The first kappa shape index (κ1) is 12.0. The Hall–Kier alpha value is -0.800. The van der Waals surface area contributed by atoms with E-state index in [1.165, 1.54) is 41.1 Å². The fourth-order valence-electron chi connectivity index (χ4n) is 3.66. The molecule has 1 saturated carbocycles. The Morgan fingerprint density at radius 2 is 2.21 bits per heavy atom. The molecule has 2 aromatic rings. The summed E-state index contributed by atoms with van der Waals surface area (Å²) in [4.78, 5) is 0. The third-order valence-corrected chi connectivity index (χ3v) is 5.46. The van der Waals surface area contributed by atoms with Crippen molar-refractivity contribution >= 4 is 26.8 Å². The number of aromatic nitrogens is 1. The van der Waals surface area contributed by atoms with Crippen LogP contribution in [0.2, 0.25) is 0 Å². The lowest BCUT2D eigenvalue weighted by Gasteiger charge is -2.20. The zero-order chi connectivity index (χ0) is 13.0. The largest absolute Gasteiger partial charge is 0.346 e. The molecule has 0 saturated heterocycles. The number of benzene rings is 1. The highest BCUT2D eigenvalue weighted by Crippen LogP contribution is 2.49. The van der Waals surface area contributed by atoms with Crippen LogP contribution < -0.4 is 5.32 Å². The quantitative estimate of drug-likeness (QED) is 0.915. The molecule has 1 aliphatic heterocycles. The number of nitrogens with one attached hydrogen (secondary N) is 1. The lowest BCUT2D eigenvalue weighted by molar-refractivity contribution is 0.616. The van der Waals surface area contributed by atoms with E-state index < -0.39 is 0 Å². The van der Waals surface area contributed by atoms with E-state index in [1.54, 1.807) is 11.1 Å². The highest BCUT2D eigenvalue weighted by Gasteiger charge is 2.44. The molecule has 4 rings (SSSR count). The van der Waals surface area contributed by atoms with Crippen molar-refractivity contribution in [1.29, 1.82) is 0 Å². The van der Waals surface area contributed by atoms with Crippen LogP contribution in [0, 0.1) is 0 Å². The van der Waals surface area contributed by atoms with E-state index in [9.17, 15) is 0 Å². The fraction of sp³-hybridized carbons (Fsp3) is 0.500. The Bertz CT molecular complexity index is 652. The Balaban J connectivity index is 1.93. The van der Waals surface area contributed by atoms with Crippen molar-refractivity contribution in [3.8, 4) is 0 Å². The van der Waals surface area contributed by atoms with Crippen LogP contribution in [0.3, 0.4) is 0 Å². The highest BCUT2D eigenvalue weighted by atomic mass is 79.9. The van der Waals surface area contributed by atoms with Crippen LogP contribution in [0.1, 0.15) is 30.4 Å². The van der Waals surface area contributed by atoms with Crippen LogP contribution in [0.5, 0.6) is 0 Å². The van der Waals surface area contributed by atoms with Gasteiger partial charge >= 0.3 is 0 Å². The summed E-state index contributed by atoms with van der Waals surface area (Å²) in [5.74, 6) is 0. The van der Waals surface area contributed by atoms with Crippen LogP contribution >= 0.6 is 15.9 Å². The lowest BCUT2D eigenvalue weighted by atomic mass is 9.91. The van der Waals surface area contributed by atoms with E-state index in [2.05, 4.69) is 51.2 Å². The molecular weight excluding hydrogens is 300 g/mol. The Labute approximate surface area is 122 Å². The van der Waals surface area contributed by atoms with Gasteiger partial charge in [-0.25, -0.2) is 0 Å². The van der Waals surface area contributed by atoms with Crippen molar-refractivity contribution in [1.82, 2.24) is 9.88 Å². The number of hydrogen-bond donors (Lipinski definition) is 1. The predicted octanol–water partition coefficient (Wildman–Crippen LogP) is 3.60. The number of likely N-dealkylation sites (N-methyl/N-ethyl adjacent to an activating group) is 1. The zero-order valence-corrected chi connectivity index (χ0v) is 12.9. The third kappa shape index (κ3) is 1.71. The van der Waals surface area contributed by atoms with E-state index in [4.69, 9.17) is 0 Å². The van der Waals surface area contributed by atoms with Gasteiger partial charge in [-0.05, 0) is 65.9 Å². The summed E-state index contributed by atoms with van der Waals surface area (Å²) in [5.41, 5.74) is 4.97. The Morgan fingerprint density at radius 1 is 1.37 bits per heavy atom. The van der Waals surface area contributed by atoms with Crippen molar-refractivity contribution in [3.05, 3.63) is 33.9 Å². The van der Waals surface area contributed by atoms with Crippen molar-refractivity contribution < 1.29 is 0 Å². The first-order valence-electron chi connectivity index (χ1n) is 7.20. The summed E-state index contributed by atoms with van der Waals surface area (Å²) < 4.78 is 3.67. The maximum Gasteiger partial charge on any atom is 0.0524 e. The number of hydrogen-bond acceptors (Lipinski definition) is 1. The van der Waals surface area contributed by atoms with Gasteiger partial charge in [0.2, 0.25) is 0 Å². The molecular formula is C16H19BrN2. The molecule has 3 heteroatoms. The second-order valence-electron chi connectivity index (χ2n) is 6.12. The topological polar surface area (TPSA) is 17.0 Å². The number of rotatable bonds is 3. The molecule has 1 aromatic carbocycles. The SMILES string of the molecule is CNCC1(c2cc3c4c(c2)c(Br)cn4CCC3)CC1. The summed E-state index contributed by atoms with van der Waals surface area (Å²) in [6, 6.07) is 4.91. The van der Waals surface area contributed by atoms with Crippen molar-refractivity contribution in [3.63, 3.8) is 0 Å². The van der Waals surface area contributed by atoms with Crippen LogP contribution in [0.25, 0.3) is 10.9 Å². The summed E-state index contributed by atoms with van der Waals surface area (Å²) in [6.07, 6.45) is 7.42. The molecule has 1 fully saturated rings. The van der Waals surface area contributed by atoms with Crippen LogP contribution in [-0.2, 0) is 18.4 Å². The number of aryl methyl sites for hydroxylation is 2. The van der Waals surface area contributed by atoms with E-state index in [0.717, 1.165) is 13.1 Å². The maximum atomic E-state index is 3.74. The molecule has 0 bridgehead atoms. The van der Waals surface area contributed by atoms with Gasteiger partial charge in [-0.15, -0.1) is 0 Å². The summed E-state index contributed by atoms with van der Waals surface area (Å²) in [6.45, 7) is 2.27. The average Bonchev–Trinajstić information content (AvgIpc) is 3.12. The molecule has 2 nitrogen and oxygen atoms in total. The normalized spacial score (nSPS) is 19.9. The first-order valence-corrected chi connectivity index (χ1v) is 7.99. The molecule has 1 aliphatic carbocycles. The molecule has 19 heavy (non-hydrogen) atoms. The van der Waals surface area contributed by atoms with Gasteiger partial charge in [0.1, 0.15) is 0 Å². The second-order valence-corrected chi connectivity index (χ2v) is 6.97. The molecule has 0 radical (unpaired) electrons. The Kier molecular flexibility index (Phi) is 2.58. The van der Waals surface area contributed by atoms with Crippen LogP contribution in [0.15, 0.2) is 22.8 Å². The van der Waals surface area contributed by atoms with Gasteiger partial charge < -0.3 is 9.88 Å². The van der Waals surface area contributed by atoms with E-state index >= 15 is 0 Å². The number of halogens is 1. The van der Waals surface area contributed by atoms with Crippen molar-refractivity contribution in [2.45, 2.75) is 37.6 Å². The van der Waals surface area contributed by atoms with Gasteiger partial charge in [0.25, 0.3) is 0 Å². The minimum absolute atomic E-state index is 0.415. The van der Waals surface area contributed by atoms with Gasteiger partial charge in [-0.1, -0.05) is 6.07 Å². The highest BCUT2D eigenvalue weighted by molar-refractivity contribution is 9.10. The molecule has 100 valence electrons. The fourth-order valence-corrected chi connectivity index (χ4v) is 4.21. The molecule has 0 atom stereocenters. The maximum absolute atomic E-state index is 3.74. The van der Waals surface area contributed by atoms with Gasteiger partial charge in [-0.3, -0.25) is 0 Å². The van der Waals surface area contributed by atoms with Gasteiger partial charge in [0.05, 0.1) is 5.52 Å². The monoisotopic (exact) mass is 318 g/mol. The summed E-state index contributed by atoms with van der Waals surface area (Å²) in [7, 11) is 2.06. The Morgan fingerprint density at radius 3 is 2.95 bits per heavy atom. The van der Waals surface area contributed by atoms with E-state index in [0.29, 0.717) is 5.41 Å². The molecule has 1 aromatic heterocycles. The third-order valence-electron chi connectivity index (χ3n) is 4.83. The summed E-state index contributed by atoms with van der Waals surface area (Å²) >= 11 is 3.74. The van der Waals surface area contributed by atoms with Crippen molar-refractivity contribution in [2.75, 3.05) is 13.6 Å². The molecule has 2 aliphatic rings. The van der Waals surface area contributed by atoms with E-state index in [-0.39, 0.29) is 0 Å². The average molecular weight is 319 g/mol. The minimum atomic E-state index is 0.415. The van der Waals surface area contributed by atoms with E-state index in [1.807, 2.05) is 0 Å². The van der Waals surface area contributed by atoms with Crippen molar-refractivity contribution in [2.24, 2.45) is 0 Å². The molecule has 2 heterocycles. The van der Waals surface area contributed by atoms with Gasteiger partial charge in [-0.2, -0.15) is 0 Å². The summed E-state index contributed by atoms with van der Waals surface area (Å²) in [5, 5.41) is 4.78. The predicted molar refractivity (Wildman–Crippen MR) is 82.8 cm³/mol. The van der Waals surface area contributed by atoms with Gasteiger partial charge in [0, 0.05) is 34.6 Å². The minimum Gasteiger partial charge on any atom is -0.346 e.